The Morgan fingerprint density at radius 2 is 0.925 bits per heavy atom. The van der Waals surface area contributed by atoms with E-state index in [4.69, 9.17) is 4.65 Å². The summed E-state index contributed by atoms with van der Waals surface area (Å²) in [5.41, 5.74) is -7.71. The first kappa shape index (κ1) is 37.6. The van der Waals surface area contributed by atoms with Gasteiger partial charge in [0.2, 0.25) is 5.82 Å². The lowest BCUT2D eigenvalue weighted by Crippen LogP contribution is -2.80. The highest BCUT2D eigenvalue weighted by molar-refractivity contribution is 6.98. The Morgan fingerprint density at radius 3 is 1.34 bits per heavy atom. The number of rotatable bonds is 6. The van der Waals surface area contributed by atoms with E-state index in [1.165, 1.54) is 18.2 Å². The summed E-state index contributed by atoms with van der Waals surface area (Å²) in [6, 6.07) is 2.69. The molecular weight excluding hydrogens is 752 g/mol. The number of urea groups is 1. The second-order valence-corrected chi connectivity index (χ2v) is 12.1. The van der Waals surface area contributed by atoms with E-state index in [0.29, 0.717) is 6.42 Å². The normalized spacial score (nSPS) is 16.4. The van der Waals surface area contributed by atoms with Gasteiger partial charge in [0.05, 0.1) is 6.54 Å². The Balaban J connectivity index is 1.90. The maximum Gasteiger partial charge on any atom is 0.453 e. The zero-order chi connectivity index (χ0) is 38.8. The second kappa shape index (κ2) is 13.7. The van der Waals surface area contributed by atoms with Crippen molar-refractivity contribution in [3.63, 3.8) is 0 Å². The van der Waals surface area contributed by atoms with Gasteiger partial charge in [-0.25, -0.2) is 70.7 Å². The predicted molar refractivity (Wildman–Crippen MR) is 153 cm³/mol. The van der Waals surface area contributed by atoms with Crippen LogP contribution in [0.2, 0.25) is 0 Å². The van der Waals surface area contributed by atoms with Crippen molar-refractivity contribution in [3.05, 3.63) is 129 Å². The molecule has 20 heteroatoms. The van der Waals surface area contributed by atoms with Crippen LogP contribution in [0.5, 0.6) is 0 Å². The molecule has 4 nitrogen and oxygen atoms in total. The molecule has 6 rings (SSSR count). The van der Waals surface area contributed by atoms with Crippen molar-refractivity contribution in [2.24, 2.45) is 0 Å². The number of hydrogen-bond acceptors (Lipinski definition) is 2. The van der Waals surface area contributed by atoms with Gasteiger partial charge in [-0.1, -0.05) is 36.8 Å². The highest BCUT2D eigenvalue weighted by atomic mass is 19.2. The zero-order valence-corrected chi connectivity index (χ0v) is 26.2. The molecule has 1 fully saturated rings. The number of carbonyl (C=O) groups is 1. The van der Waals surface area contributed by atoms with E-state index in [9.17, 15) is 26.7 Å². The van der Waals surface area contributed by atoms with Gasteiger partial charge >= 0.3 is 12.5 Å². The third-order valence-electron chi connectivity index (χ3n) is 9.22. The monoisotopic (exact) mass is 770 g/mol. The molecular formula is C33H18BF15N2O2. The van der Waals surface area contributed by atoms with Crippen LogP contribution in [0, 0.1) is 87.3 Å². The van der Waals surface area contributed by atoms with Crippen LogP contribution in [0.15, 0.2) is 30.3 Å². The molecule has 4 aromatic carbocycles. The molecule has 2 aliphatic rings. The van der Waals surface area contributed by atoms with Crippen molar-refractivity contribution < 1.29 is 79.9 Å². The first-order valence-electron chi connectivity index (χ1n) is 15.4. The highest BCUT2D eigenvalue weighted by Crippen LogP contribution is 2.36. The highest BCUT2D eigenvalue weighted by Gasteiger charge is 2.61. The summed E-state index contributed by atoms with van der Waals surface area (Å²) in [6.07, 6.45) is 0.511. The van der Waals surface area contributed by atoms with Gasteiger partial charge in [0.15, 0.2) is 58.2 Å². The molecule has 0 radical (unpaired) electrons. The zero-order valence-electron chi connectivity index (χ0n) is 26.2. The maximum atomic E-state index is 16.1. The molecule has 0 bridgehead atoms. The Morgan fingerprint density at radius 1 is 0.547 bits per heavy atom. The van der Waals surface area contributed by atoms with E-state index < -0.39 is 135 Å². The number of benzene rings is 4. The predicted octanol–water partition coefficient (Wildman–Crippen LogP) is 7.77. The van der Waals surface area contributed by atoms with Crippen LogP contribution < -0.4 is 10.9 Å². The van der Waals surface area contributed by atoms with Crippen LogP contribution >= 0.6 is 0 Å². The SMILES string of the molecule is O=C1N(Cc2ccccc2)[B-](c2c(F)c(F)c(F)c(F)c2F)(c2c(F)c(F)c(F)c(F)c2F)OC(c2c(F)c(F)c(F)c(F)c2F)=[N+]1C1CCCCC1. The van der Waals surface area contributed by atoms with Gasteiger partial charge in [-0.3, -0.25) is 0 Å². The Labute approximate surface area is 287 Å². The molecule has 2 amide bonds. The van der Waals surface area contributed by atoms with E-state index in [1.54, 1.807) is 0 Å². The van der Waals surface area contributed by atoms with E-state index in [-0.39, 0.29) is 40.6 Å². The van der Waals surface area contributed by atoms with Crippen molar-refractivity contribution >= 4 is 29.3 Å². The minimum absolute atomic E-state index is 0.168. The van der Waals surface area contributed by atoms with Crippen molar-refractivity contribution in [2.45, 2.75) is 44.7 Å². The Kier molecular flexibility index (Phi) is 9.70. The first-order chi connectivity index (χ1) is 25.0. The summed E-state index contributed by atoms with van der Waals surface area (Å²) in [7, 11) is 0. The van der Waals surface area contributed by atoms with Crippen LogP contribution in [0.1, 0.15) is 43.2 Å². The van der Waals surface area contributed by atoms with Crippen LogP contribution in [-0.4, -0.2) is 33.8 Å². The van der Waals surface area contributed by atoms with Crippen LogP contribution in [0.4, 0.5) is 70.7 Å². The van der Waals surface area contributed by atoms with E-state index >= 15 is 43.9 Å². The summed E-state index contributed by atoms with van der Waals surface area (Å²) in [5.74, 6) is -45.9. The standard InChI is InChI=1S/C33H18BF15N2O2/c35-17-14(18(36)24(42)29(47)23(17)41)32-51(13-9-5-2-6-10-13)33(52)50(11-12-7-3-1-4-8-12)34(53-32,15-19(37)25(43)30(48)26(44)20(15)38)16-21(39)27(45)31(49)28(46)22(16)40/h1,3-4,7-8,13H,2,5-6,9-11H2. The Hall–Kier alpha value is -5.17. The van der Waals surface area contributed by atoms with Gasteiger partial charge < -0.3 is 9.47 Å². The topological polar surface area (TPSA) is 32.6 Å². The summed E-state index contributed by atoms with van der Waals surface area (Å²) < 4.78 is 234. The molecule has 0 atom stereocenters. The van der Waals surface area contributed by atoms with Crippen molar-refractivity contribution in [1.82, 2.24) is 4.81 Å². The number of amides is 2. The molecule has 4 aromatic rings. The second-order valence-electron chi connectivity index (χ2n) is 12.1. The molecule has 53 heavy (non-hydrogen) atoms. The lowest BCUT2D eigenvalue weighted by Gasteiger charge is -2.50. The molecule has 1 aliphatic heterocycles. The lowest BCUT2D eigenvalue weighted by atomic mass is 9.39. The van der Waals surface area contributed by atoms with E-state index in [0.717, 1.165) is 12.1 Å². The number of halogens is 15. The van der Waals surface area contributed by atoms with E-state index in [1.807, 2.05) is 0 Å². The summed E-state index contributed by atoms with van der Waals surface area (Å²) >= 11 is 0. The molecule has 0 saturated heterocycles. The van der Waals surface area contributed by atoms with Gasteiger partial charge in [-0.15, -0.1) is 0 Å². The molecule has 1 saturated carbocycles. The molecule has 0 spiro atoms. The summed E-state index contributed by atoms with van der Waals surface area (Å²) in [5, 5.41) is 0. The van der Waals surface area contributed by atoms with Crippen LogP contribution in [0.3, 0.4) is 0 Å². The summed E-state index contributed by atoms with van der Waals surface area (Å²) in [6.45, 7) is -7.12. The van der Waals surface area contributed by atoms with Crippen molar-refractivity contribution in [3.8, 4) is 0 Å². The van der Waals surface area contributed by atoms with Crippen LogP contribution in [0.25, 0.3) is 0 Å². The van der Waals surface area contributed by atoms with E-state index in [2.05, 4.69) is 0 Å². The molecule has 280 valence electrons. The minimum atomic E-state index is -5.82. The van der Waals surface area contributed by atoms with Gasteiger partial charge in [0.25, 0.3) is 5.90 Å². The first-order valence-corrected chi connectivity index (χ1v) is 15.4. The molecule has 0 N–H and O–H groups in total. The minimum Gasteiger partial charge on any atom is -0.640 e. The molecule has 1 aliphatic carbocycles. The van der Waals surface area contributed by atoms with Crippen molar-refractivity contribution in [1.29, 1.82) is 0 Å². The average molecular weight is 770 g/mol. The van der Waals surface area contributed by atoms with Crippen LogP contribution in [-0.2, 0) is 11.2 Å². The largest absolute Gasteiger partial charge is 0.640 e. The van der Waals surface area contributed by atoms with Gasteiger partial charge in [-0.05, 0) is 42.2 Å². The molecule has 0 unspecified atom stereocenters. The number of carbonyl (C=O) groups excluding carboxylic acids is 1. The fourth-order valence-corrected chi connectivity index (χ4v) is 6.78. The van der Waals surface area contributed by atoms with Gasteiger partial charge in [0, 0.05) is 0 Å². The smallest absolute Gasteiger partial charge is 0.453 e. The molecule has 1 heterocycles. The third kappa shape index (κ3) is 5.58. The Bertz CT molecular complexity index is 2070. The number of hydrogen-bond donors (Lipinski definition) is 0. The summed E-state index contributed by atoms with van der Waals surface area (Å²) in [4.78, 5) is 14.6. The average Bonchev–Trinajstić information content (AvgIpc) is 3.15. The van der Waals surface area contributed by atoms with Gasteiger partial charge in [-0.2, -0.15) is 4.58 Å². The quantitative estimate of drug-likeness (QED) is 0.0661. The number of nitrogens with zero attached hydrogens (tertiary/aromatic N) is 2. The maximum absolute atomic E-state index is 16.1. The lowest BCUT2D eigenvalue weighted by molar-refractivity contribution is -0.493. The fourth-order valence-electron chi connectivity index (χ4n) is 6.78. The fraction of sp³-hybridized carbons (Fsp3) is 0.212. The molecule has 0 aromatic heterocycles. The van der Waals surface area contributed by atoms with Crippen molar-refractivity contribution in [2.75, 3.05) is 0 Å². The van der Waals surface area contributed by atoms with Gasteiger partial charge in [0.1, 0.15) is 34.9 Å². The third-order valence-corrected chi connectivity index (χ3v) is 9.22.